The molecule has 0 saturated carbocycles. The van der Waals surface area contributed by atoms with E-state index in [0.717, 1.165) is 18.4 Å². The van der Waals surface area contributed by atoms with Gasteiger partial charge in [0.1, 0.15) is 13.1 Å². The zero-order valence-corrected chi connectivity index (χ0v) is 15.0. The summed E-state index contributed by atoms with van der Waals surface area (Å²) in [7, 11) is 0. The molecule has 1 aromatic carbocycles. The number of fused-ring (bicyclic) bond motifs is 4. The number of carbonyl (C=O) groups is 4. The molecule has 27 heavy (non-hydrogen) atoms. The van der Waals surface area contributed by atoms with Crippen molar-refractivity contribution in [2.24, 2.45) is 5.92 Å². The van der Waals surface area contributed by atoms with Gasteiger partial charge < -0.3 is 14.7 Å². The summed E-state index contributed by atoms with van der Waals surface area (Å²) in [6.07, 6.45) is 1.65. The number of hydrogen-bond acceptors (Lipinski definition) is 4. The normalized spacial score (nSPS) is 25.0. The third-order valence-electron chi connectivity index (χ3n) is 5.54. The number of carbonyl (C=O) groups excluding carboxylic acids is 4. The van der Waals surface area contributed by atoms with Gasteiger partial charge in [-0.3, -0.25) is 19.7 Å². The molecule has 0 aliphatic carbocycles. The van der Waals surface area contributed by atoms with Gasteiger partial charge in [0.15, 0.2) is 0 Å². The van der Waals surface area contributed by atoms with Crippen molar-refractivity contribution in [2.75, 3.05) is 26.2 Å². The predicted molar refractivity (Wildman–Crippen MR) is 95.2 cm³/mol. The summed E-state index contributed by atoms with van der Waals surface area (Å²) in [6, 6.07) is 9.29. The van der Waals surface area contributed by atoms with Gasteiger partial charge in [0.25, 0.3) is 0 Å². The van der Waals surface area contributed by atoms with Crippen LogP contribution < -0.4 is 5.32 Å². The van der Waals surface area contributed by atoms with Crippen LogP contribution in [-0.4, -0.2) is 70.7 Å². The van der Waals surface area contributed by atoms with E-state index in [-0.39, 0.29) is 36.9 Å². The van der Waals surface area contributed by atoms with Crippen LogP contribution in [0, 0.1) is 5.92 Å². The largest absolute Gasteiger partial charge is 0.338 e. The minimum atomic E-state index is -0.534. The van der Waals surface area contributed by atoms with Crippen LogP contribution in [0.15, 0.2) is 30.3 Å². The van der Waals surface area contributed by atoms with Gasteiger partial charge in [-0.2, -0.15) is 0 Å². The third kappa shape index (κ3) is 3.51. The molecule has 1 aromatic rings. The number of benzene rings is 1. The van der Waals surface area contributed by atoms with Crippen LogP contribution in [0.5, 0.6) is 0 Å². The van der Waals surface area contributed by atoms with Crippen LogP contribution in [0.1, 0.15) is 18.4 Å². The molecule has 2 atom stereocenters. The van der Waals surface area contributed by atoms with Gasteiger partial charge in [-0.15, -0.1) is 0 Å². The molecule has 0 radical (unpaired) electrons. The maximum Gasteiger partial charge on any atom is 0.325 e. The van der Waals surface area contributed by atoms with E-state index in [2.05, 4.69) is 5.32 Å². The molecule has 2 bridgehead atoms. The number of imide groups is 1. The molecule has 8 heteroatoms. The molecular weight excluding hydrogens is 348 g/mol. The number of nitrogens with zero attached hydrogens (tertiary/aromatic N) is 3. The van der Waals surface area contributed by atoms with E-state index in [0.29, 0.717) is 19.6 Å². The summed E-state index contributed by atoms with van der Waals surface area (Å²) in [6.45, 7) is 1.17. The van der Waals surface area contributed by atoms with E-state index >= 15 is 0 Å². The first-order valence-electron chi connectivity index (χ1n) is 9.22. The van der Waals surface area contributed by atoms with Gasteiger partial charge in [0, 0.05) is 25.7 Å². The first kappa shape index (κ1) is 17.5. The van der Waals surface area contributed by atoms with Crippen LogP contribution >= 0.6 is 0 Å². The van der Waals surface area contributed by atoms with Gasteiger partial charge in [-0.1, -0.05) is 30.3 Å². The van der Waals surface area contributed by atoms with Crippen LogP contribution in [0.3, 0.4) is 0 Å². The van der Waals surface area contributed by atoms with Gasteiger partial charge in [0.05, 0.1) is 5.92 Å². The number of piperidine rings is 1. The first-order chi connectivity index (χ1) is 13.0. The zero-order chi connectivity index (χ0) is 19.0. The molecule has 1 N–H and O–H groups in total. The van der Waals surface area contributed by atoms with E-state index in [1.807, 2.05) is 35.2 Å². The van der Waals surface area contributed by atoms with E-state index in [9.17, 15) is 19.2 Å². The SMILES string of the molecule is O=C1CN(CC(=O)N2C[C@H]3CC[C@@H](C2)N(Cc2ccccc2)C3=O)C(=O)N1. The summed E-state index contributed by atoms with van der Waals surface area (Å²) < 4.78 is 0. The number of urea groups is 1. The van der Waals surface area contributed by atoms with E-state index in [1.165, 1.54) is 4.90 Å². The topological polar surface area (TPSA) is 90.0 Å². The lowest BCUT2D eigenvalue weighted by Gasteiger charge is -2.36. The molecule has 5 amide bonds. The molecule has 4 fully saturated rings. The summed E-state index contributed by atoms with van der Waals surface area (Å²) >= 11 is 0. The highest BCUT2D eigenvalue weighted by Crippen LogP contribution is 2.30. The zero-order valence-electron chi connectivity index (χ0n) is 15.0. The molecule has 0 spiro atoms. The fourth-order valence-electron chi connectivity index (χ4n) is 4.11. The average Bonchev–Trinajstić information content (AvgIpc) is 2.82. The lowest BCUT2D eigenvalue weighted by molar-refractivity contribution is -0.140. The average molecular weight is 370 g/mol. The number of amides is 5. The standard InChI is InChI=1S/C19H22N4O4/c24-16-11-22(19(27)20-16)12-17(25)21-9-14-6-7-15(10-21)23(18(14)26)8-13-4-2-1-3-5-13/h1-5,14-15H,6-12H2,(H,20,24,27)/t14-,15+/m1/s1. The van der Waals surface area contributed by atoms with Crippen LogP contribution in [0.4, 0.5) is 4.79 Å². The van der Waals surface area contributed by atoms with Crippen molar-refractivity contribution in [3.63, 3.8) is 0 Å². The Balaban J connectivity index is 1.45. The number of rotatable bonds is 4. The smallest absolute Gasteiger partial charge is 0.325 e. The van der Waals surface area contributed by atoms with E-state index in [4.69, 9.17) is 0 Å². The minimum absolute atomic E-state index is 0.0190. The molecule has 0 aromatic heterocycles. The maximum atomic E-state index is 12.9. The van der Waals surface area contributed by atoms with Crippen molar-refractivity contribution in [1.29, 1.82) is 0 Å². The van der Waals surface area contributed by atoms with Crippen molar-refractivity contribution in [1.82, 2.24) is 20.0 Å². The summed E-state index contributed by atoms with van der Waals surface area (Å²) in [5.74, 6) is -0.719. The lowest BCUT2D eigenvalue weighted by Crippen LogP contribution is -2.48. The Kier molecular flexibility index (Phi) is 4.55. The fraction of sp³-hybridized carbons (Fsp3) is 0.474. The molecule has 4 heterocycles. The fourth-order valence-corrected chi connectivity index (χ4v) is 4.11. The molecule has 5 rings (SSSR count). The Labute approximate surface area is 157 Å². The lowest BCUT2D eigenvalue weighted by atomic mass is 9.93. The highest BCUT2D eigenvalue weighted by Gasteiger charge is 2.42. The van der Waals surface area contributed by atoms with E-state index in [1.54, 1.807) is 4.90 Å². The first-order valence-corrected chi connectivity index (χ1v) is 9.22. The molecule has 142 valence electrons. The second kappa shape index (κ2) is 7.02. The highest BCUT2D eigenvalue weighted by atomic mass is 16.2. The molecular formula is C19H22N4O4. The summed E-state index contributed by atoms with van der Waals surface area (Å²) in [5.41, 5.74) is 1.07. The van der Waals surface area contributed by atoms with Gasteiger partial charge in [-0.05, 0) is 18.4 Å². The quantitative estimate of drug-likeness (QED) is 0.766. The maximum absolute atomic E-state index is 12.9. The molecule has 4 saturated heterocycles. The molecule has 4 aliphatic rings. The molecule has 0 unspecified atom stereocenters. The van der Waals surface area contributed by atoms with Crippen LogP contribution in [0.25, 0.3) is 0 Å². The van der Waals surface area contributed by atoms with Crippen molar-refractivity contribution < 1.29 is 19.2 Å². The van der Waals surface area contributed by atoms with Crippen molar-refractivity contribution in [3.05, 3.63) is 35.9 Å². The van der Waals surface area contributed by atoms with Crippen molar-refractivity contribution >= 4 is 23.8 Å². The monoisotopic (exact) mass is 370 g/mol. The second-order valence-corrected chi connectivity index (χ2v) is 7.39. The van der Waals surface area contributed by atoms with Crippen molar-refractivity contribution in [2.45, 2.75) is 25.4 Å². The highest BCUT2D eigenvalue weighted by molar-refractivity contribution is 6.03. The van der Waals surface area contributed by atoms with Gasteiger partial charge >= 0.3 is 6.03 Å². The molecule has 4 aliphatic heterocycles. The summed E-state index contributed by atoms with van der Waals surface area (Å²) in [4.78, 5) is 53.4. The Hall–Kier alpha value is -2.90. The summed E-state index contributed by atoms with van der Waals surface area (Å²) in [5, 5.41) is 2.17. The van der Waals surface area contributed by atoms with E-state index < -0.39 is 11.9 Å². The molecule has 8 nitrogen and oxygen atoms in total. The minimum Gasteiger partial charge on any atom is -0.338 e. The van der Waals surface area contributed by atoms with Crippen LogP contribution in [0.2, 0.25) is 0 Å². The Morgan fingerprint density at radius 1 is 1.07 bits per heavy atom. The van der Waals surface area contributed by atoms with Gasteiger partial charge in [-0.25, -0.2) is 4.79 Å². The van der Waals surface area contributed by atoms with Crippen LogP contribution in [-0.2, 0) is 20.9 Å². The number of hydrogen-bond donors (Lipinski definition) is 1. The number of nitrogens with one attached hydrogen (secondary N) is 1. The third-order valence-corrected chi connectivity index (χ3v) is 5.54. The predicted octanol–water partition coefficient (Wildman–Crippen LogP) is 0.188. The Bertz CT molecular complexity index is 781. The Morgan fingerprint density at radius 3 is 2.56 bits per heavy atom. The van der Waals surface area contributed by atoms with Crippen molar-refractivity contribution in [3.8, 4) is 0 Å². The van der Waals surface area contributed by atoms with Gasteiger partial charge in [0.2, 0.25) is 17.7 Å². The Morgan fingerprint density at radius 2 is 1.85 bits per heavy atom. The second-order valence-electron chi connectivity index (χ2n) is 7.39.